The van der Waals surface area contributed by atoms with Crippen LogP contribution in [-0.4, -0.2) is 42.6 Å². The summed E-state index contributed by atoms with van der Waals surface area (Å²) in [6.45, 7) is 0. The van der Waals surface area contributed by atoms with Crippen LogP contribution in [0.15, 0.2) is 30.3 Å². The van der Waals surface area contributed by atoms with Gasteiger partial charge in [0.05, 0.1) is 0 Å². The van der Waals surface area contributed by atoms with Crippen LogP contribution in [0.1, 0.15) is 2.85 Å². The molecule has 0 radical (unpaired) electrons. The number of rotatable bonds is 1. The molecule has 0 saturated carbocycles. The molecule has 1 aromatic carbocycles. The van der Waals surface area contributed by atoms with Crippen molar-refractivity contribution in [3.05, 3.63) is 30.3 Å². The molecule has 0 aliphatic rings. The molecule has 0 spiro atoms. The van der Waals surface area contributed by atoms with Crippen LogP contribution < -0.4 is 5.30 Å². The molecule has 1 unspecified atom stereocenters. The summed E-state index contributed by atoms with van der Waals surface area (Å²) in [4.78, 5) is 8.53. The maximum Gasteiger partial charge on any atom is 2.00 e. The summed E-state index contributed by atoms with van der Waals surface area (Å²) in [6, 6.07) is 8.53. The first-order valence-electron chi connectivity index (χ1n) is 2.52. The molecule has 4 heteroatoms. The van der Waals surface area contributed by atoms with Crippen LogP contribution in [0.2, 0.25) is 0 Å². The van der Waals surface area contributed by atoms with E-state index in [0.29, 0.717) is 5.30 Å². The molecule has 0 saturated heterocycles. The van der Waals surface area contributed by atoms with Crippen molar-refractivity contribution in [3.8, 4) is 0 Å². The molecule has 1 N–H and O–H groups in total. The van der Waals surface area contributed by atoms with Crippen molar-refractivity contribution < 1.29 is 12.3 Å². The Morgan fingerprint density at radius 2 is 1.80 bits per heavy atom. The Morgan fingerprint density at radius 1 is 1.30 bits per heavy atom. The number of benzene rings is 1. The summed E-state index contributed by atoms with van der Waals surface area (Å²) < 4.78 is 10.3. The number of hydrogen-bond acceptors (Lipinski definition) is 1. The molecule has 1 rings (SSSR count). The monoisotopic (exact) mass is 183 g/mol. The SMILES string of the molecule is O=[P+](O)c1ccccc1.[Ca+2].[H-].[H-]. The van der Waals surface area contributed by atoms with Gasteiger partial charge in [-0.25, -0.2) is 0 Å². The zero-order valence-electron chi connectivity index (χ0n) is 7.40. The Balaban J connectivity index is -0.000000270. The summed E-state index contributed by atoms with van der Waals surface area (Å²) in [5.41, 5.74) is 0. The summed E-state index contributed by atoms with van der Waals surface area (Å²) in [5, 5.41) is 0.479. The summed E-state index contributed by atoms with van der Waals surface area (Å²) >= 11 is 0. The Labute approximate surface area is 93.1 Å². The molecule has 0 amide bonds. The molecule has 1 aromatic rings. The van der Waals surface area contributed by atoms with E-state index in [1.54, 1.807) is 24.3 Å². The van der Waals surface area contributed by atoms with Crippen LogP contribution in [0.3, 0.4) is 0 Å². The van der Waals surface area contributed by atoms with Gasteiger partial charge >= 0.3 is 45.8 Å². The van der Waals surface area contributed by atoms with Gasteiger partial charge in [-0.2, -0.15) is 4.89 Å². The van der Waals surface area contributed by atoms with E-state index in [1.807, 2.05) is 6.07 Å². The normalized spacial score (nSPS) is 9.90. The Hall–Kier alpha value is 0.540. The van der Waals surface area contributed by atoms with Crippen molar-refractivity contribution in [1.82, 2.24) is 0 Å². The fourth-order valence-electron chi connectivity index (χ4n) is 0.556. The molecule has 0 aliphatic heterocycles. The van der Waals surface area contributed by atoms with Crippen LogP contribution in [-0.2, 0) is 4.57 Å². The smallest absolute Gasteiger partial charge is 1.00 e. The Kier molecular flexibility index (Phi) is 5.51. The van der Waals surface area contributed by atoms with Crippen molar-refractivity contribution >= 4 is 51.1 Å². The third-order valence-corrected chi connectivity index (χ3v) is 1.72. The molecule has 0 fully saturated rings. The van der Waals surface area contributed by atoms with Gasteiger partial charge in [0, 0.05) is 0 Å². The average molecular weight is 183 g/mol. The fraction of sp³-hybridized carbons (Fsp3) is 0. The van der Waals surface area contributed by atoms with Crippen LogP contribution in [0, 0.1) is 0 Å². The predicted molar refractivity (Wildman–Crippen MR) is 43.9 cm³/mol. The van der Waals surface area contributed by atoms with Gasteiger partial charge < -0.3 is 2.85 Å². The van der Waals surface area contributed by atoms with Gasteiger partial charge in [0.15, 0.2) is 0 Å². The standard InChI is InChI=1S/C6H5O2P.Ca.2H/c7-9(8)6-4-2-1-3-5-6;;;/h1-5H;;;/q;+2;2*-1/p+1. The molecule has 0 heterocycles. The molecular weight excluding hydrogens is 175 g/mol. The van der Waals surface area contributed by atoms with Gasteiger partial charge in [0.2, 0.25) is 5.30 Å². The maximum absolute atomic E-state index is 10.3. The minimum atomic E-state index is -2.15. The molecule has 0 aromatic heterocycles. The van der Waals surface area contributed by atoms with E-state index in [0.717, 1.165) is 0 Å². The zero-order valence-corrected chi connectivity index (χ0v) is 8.50. The van der Waals surface area contributed by atoms with Crippen molar-refractivity contribution in [2.45, 2.75) is 0 Å². The van der Waals surface area contributed by atoms with Gasteiger partial charge in [-0.05, 0) is 16.7 Å². The van der Waals surface area contributed by atoms with E-state index < -0.39 is 8.03 Å². The fourth-order valence-corrected chi connectivity index (χ4v) is 0.983. The van der Waals surface area contributed by atoms with Crippen LogP contribution in [0.25, 0.3) is 0 Å². The van der Waals surface area contributed by atoms with Crippen LogP contribution >= 0.6 is 8.03 Å². The van der Waals surface area contributed by atoms with Crippen LogP contribution in [0.4, 0.5) is 0 Å². The minimum Gasteiger partial charge on any atom is -1.00 e. The van der Waals surface area contributed by atoms with Gasteiger partial charge in [0.1, 0.15) is 0 Å². The molecule has 1 atom stereocenters. The molecule has 0 aliphatic carbocycles. The topological polar surface area (TPSA) is 37.3 Å². The van der Waals surface area contributed by atoms with Crippen molar-refractivity contribution in [3.63, 3.8) is 0 Å². The van der Waals surface area contributed by atoms with Gasteiger partial charge in [-0.3, -0.25) is 0 Å². The molecule has 2 nitrogen and oxygen atoms in total. The zero-order chi connectivity index (χ0) is 6.69. The predicted octanol–water partition coefficient (Wildman–Crippen LogP) is 0.891. The first-order valence-corrected chi connectivity index (χ1v) is 3.73. The number of hydrogen-bond donors (Lipinski definition) is 1. The summed E-state index contributed by atoms with van der Waals surface area (Å²) in [5.74, 6) is 0. The first-order chi connectivity index (χ1) is 4.30. The molecule has 50 valence electrons. The van der Waals surface area contributed by atoms with Crippen LogP contribution in [0.5, 0.6) is 0 Å². The average Bonchev–Trinajstić information content (AvgIpc) is 1.90. The van der Waals surface area contributed by atoms with Crippen molar-refractivity contribution in [1.29, 1.82) is 0 Å². The van der Waals surface area contributed by atoms with E-state index >= 15 is 0 Å². The summed E-state index contributed by atoms with van der Waals surface area (Å²) in [6.07, 6.45) is 0. The van der Waals surface area contributed by atoms with Crippen molar-refractivity contribution in [2.75, 3.05) is 0 Å². The van der Waals surface area contributed by atoms with E-state index in [9.17, 15) is 4.57 Å². The maximum atomic E-state index is 10.3. The second-order valence-corrected chi connectivity index (χ2v) is 2.67. The Morgan fingerprint density at radius 3 is 2.10 bits per heavy atom. The van der Waals surface area contributed by atoms with E-state index in [2.05, 4.69) is 0 Å². The largest absolute Gasteiger partial charge is 2.00 e. The van der Waals surface area contributed by atoms with Gasteiger partial charge in [-0.15, -0.1) is 0 Å². The van der Waals surface area contributed by atoms with Gasteiger partial charge in [0.25, 0.3) is 0 Å². The van der Waals surface area contributed by atoms with Crippen molar-refractivity contribution in [2.24, 2.45) is 0 Å². The molecular formula is C6H8CaO2P+. The molecule has 0 bridgehead atoms. The van der Waals surface area contributed by atoms with E-state index in [1.165, 1.54) is 0 Å². The third-order valence-electron chi connectivity index (χ3n) is 0.977. The first kappa shape index (κ1) is 10.5. The Bertz CT molecular complexity index is 220. The second kappa shape index (κ2) is 5.22. The van der Waals surface area contributed by atoms with E-state index in [4.69, 9.17) is 4.89 Å². The minimum absolute atomic E-state index is 0. The van der Waals surface area contributed by atoms with Gasteiger partial charge in [-0.1, -0.05) is 18.2 Å². The summed E-state index contributed by atoms with van der Waals surface area (Å²) in [7, 11) is -2.15. The molecule has 10 heavy (non-hydrogen) atoms. The quantitative estimate of drug-likeness (QED) is 0.518. The third kappa shape index (κ3) is 3.09. The second-order valence-electron chi connectivity index (χ2n) is 1.61. The van der Waals surface area contributed by atoms with E-state index in [-0.39, 0.29) is 40.6 Å².